The number of piperazine rings is 1. The summed E-state index contributed by atoms with van der Waals surface area (Å²) in [5, 5.41) is 7.09. The maximum absolute atomic E-state index is 4.62. The van der Waals surface area contributed by atoms with Crippen LogP contribution >= 0.6 is 0 Å². The van der Waals surface area contributed by atoms with Gasteiger partial charge in [0.2, 0.25) is 0 Å². The fraction of sp³-hybridized carbons (Fsp3) is 0.520. The Morgan fingerprint density at radius 2 is 1.84 bits per heavy atom. The Bertz CT molecular complexity index is 887. The summed E-state index contributed by atoms with van der Waals surface area (Å²) in [6.45, 7) is 12.6. The van der Waals surface area contributed by atoms with Crippen LogP contribution in [0.2, 0.25) is 0 Å². The molecular formula is C25H37N7. The first kappa shape index (κ1) is 22.4. The van der Waals surface area contributed by atoms with Crippen LogP contribution in [0.4, 0.5) is 11.5 Å². The van der Waals surface area contributed by atoms with Gasteiger partial charge in [-0.2, -0.15) is 0 Å². The number of nitrogens with one attached hydrogen (secondary N) is 2. The summed E-state index contributed by atoms with van der Waals surface area (Å²) >= 11 is 0. The van der Waals surface area contributed by atoms with Gasteiger partial charge in [-0.25, -0.2) is 4.98 Å². The fourth-order valence-corrected chi connectivity index (χ4v) is 4.48. The van der Waals surface area contributed by atoms with Crippen molar-refractivity contribution in [3.8, 4) is 0 Å². The SMILES string of the molecule is CCN1CCN(c2cc(CNC(=NC)NC3CCN(c4ccc(C)cc4)C3)ccn2)CC1. The van der Waals surface area contributed by atoms with Gasteiger partial charge in [-0.3, -0.25) is 4.99 Å². The number of nitrogens with zero attached hydrogens (tertiary/aromatic N) is 5. The molecule has 2 fully saturated rings. The quantitative estimate of drug-likeness (QED) is 0.537. The van der Waals surface area contributed by atoms with E-state index < -0.39 is 0 Å². The van der Waals surface area contributed by atoms with E-state index in [1.807, 2.05) is 13.2 Å². The van der Waals surface area contributed by atoms with Crippen molar-refractivity contribution in [2.75, 3.05) is 62.7 Å². The first-order valence-corrected chi connectivity index (χ1v) is 11.9. The van der Waals surface area contributed by atoms with Crippen LogP contribution < -0.4 is 20.4 Å². The first-order chi connectivity index (χ1) is 15.6. The van der Waals surface area contributed by atoms with Crippen molar-refractivity contribution < 1.29 is 0 Å². The lowest BCUT2D eigenvalue weighted by Gasteiger charge is -2.34. The van der Waals surface area contributed by atoms with Gasteiger partial charge in [0.25, 0.3) is 0 Å². The molecule has 1 atom stereocenters. The highest BCUT2D eigenvalue weighted by Crippen LogP contribution is 2.21. The maximum Gasteiger partial charge on any atom is 0.191 e. The summed E-state index contributed by atoms with van der Waals surface area (Å²) in [5.41, 5.74) is 3.82. The lowest BCUT2D eigenvalue weighted by molar-refractivity contribution is 0.270. The Balaban J connectivity index is 1.27. The van der Waals surface area contributed by atoms with Gasteiger partial charge in [0, 0.05) is 70.8 Å². The molecule has 7 heteroatoms. The Labute approximate surface area is 192 Å². The van der Waals surface area contributed by atoms with Gasteiger partial charge in [0.05, 0.1) is 0 Å². The Kier molecular flexibility index (Phi) is 7.47. The second-order valence-corrected chi connectivity index (χ2v) is 8.78. The molecule has 2 aliphatic heterocycles. The lowest BCUT2D eigenvalue weighted by atomic mass is 10.2. The summed E-state index contributed by atoms with van der Waals surface area (Å²) in [6.07, 6.45) is 3.03. The maximum atomic E-state index is 4.62. The summed E-state index contributed by atoms with van der Waals surface area (Å²) in [7, 11) is 1.84. The van der Waals surface area contributed by atoms with Crippen molar-refractivity contribution in [2.45, 2.75) is 32.9 Å². The minimum atomic E-state index is 0.394. The number of anilines is 2. The molecule has 3 heterocycles. The highest BCUT2D eigenvalue weighted by Gasteiger charge is 2.23. The fourth-order valence-electron chi connectivity index (χ4n) is 4.48. The number of hydrogen-bond donors (Lipinski definition) is 2. The lowest BCUT2D eigenvalue weighted by Crippen LogP contribution is -2.46. The zero-order valence-corrected chi connectivity index (χ0v) is 19.7. The van der Waals surface area contributed by atoms with E-state index in [0.29, 0.717) is 6.04 Å². The number of hydrogen-bond acceptors (Lipinski definition) is 5. The molecule has 32 heavy (non-hydrogen) atoms. The van der Waals surface area contributed by atoms with E-state index >= 15 is 0 Å². The highest BCUT2D eigenvalue weighted by molar-refractivity contribution is 5.80. The van der Waals surface area contributed by atoms with E-state index in [1.54, 1.807) is 0 Å². The molecule has 0 spiro atoms. The van der Waals surface area contributed by atoms with Crippen LogP contribution in [0.15, 0.2) is 47.6 Å². The van der Waals surface area contributed by atoms with Crippen molar-refractivity contribution in [3.63, 3.8) is 0 Å². The van der Waals surface area contributed by atoms with Crippen LogP contribution in [-0.2, 0) is 6.54 Å². The molecule has 0 aliphatic carbocycles. The molecule has 2 aromatic rings. The number of rotatable bonds is 6. The molecule has 0 amide bonds. The van der Waals surface area contributed by atoms with Crippen molar-refractivity contribution in [1.29, 1.82) is 0 Å². The van der Waals surface area contributed by atoms with Crippen molar-refractivity contribution >= 4 is 17.5 Å². The monoisotopic (exact) mass is 435 g/mol. The van der Waals surface area contributed by atoms with Crippen LogP contribution in [0, 0.1) is 6.92 Å². The molecule has 2 saturated heterocycles. The Morgan fingerprint density at radius 3 is 2.56 bits per heavy atom. The van der Waals surface area contributed by atoms with Crippen molar-refractivity contribution in [3.05, 3.63) is 53.7 Å². The van der Waals surface area contributed by atoms with Gasteiger partial charge in [-0.1, -0.05) is 24.6 Å². The third kappa shape index (κ3) is 5.71. The van der Waals surface area contributed by atoms with E-state index in [9.17, 15) is 0 Å². The number of pyridine rings is 1. The molecule has 4 rings (SSSR count). The number of aliphatic imine (C=N–C) groups is 1. The summed E-state index contributed by atoms with van der Waals surface area (Å²) in [5.74, 6) is 1.93. The van der Waals surface area contributed by atoms with Gasteiger partial charge < -0.3 is 25.3 Å². The van der Waals surface area contributed by atoms with Gasteiger partial charge in [0.1, 0.15) is 5.82 Å². The molecule has 0 saturated carbocycles. The first-order valence-electron chi connectivity index (χ1n) is 11.9. The minimum Gasteiger partial charge on any atom is -0.369 e. The van der Waals surface area contributed by atoms with E-state index in [1.165, 1.54) is 16.8 Å². The highest BCUT2D eigenvalue weighted by atomic mass is 15.3. The molecule has 1 aromatic carbocycles. The Morgan fingerprint density at radius 1 is 1.06 bits per heavy atom. The van der Waals surface area contributed by atoms with E-state index in [-0.39, 0.29) is 0 Å². The van der Waals surface area contributed by atoms with E-state index in [4.69, 9.17) is 0 Å². The molecule has 7 nitrogen and oxygen atoms in total. The predicted octanol–water partition coefficient (Wildman–Crippen LogP) is 2.48. The van der Waals surface area contributed by atoms with Gasteiger partial charge >= 0.3 is 0 Å². The number of aromatic nitrogens is 1. The largest absolute Gasteiger partial charge is 0.369 e. The van der Waals surface area contributed by atoms with E-state index in [0.717, 1.165) is 70.6 Å². The molecular weight excluding hydrogens is 398 g/mol. The molecule has 0 bridgehead atoms. The molecule has 1 unspecified atom stereocenters. The number of benzene rings is 1. The third-order valence-corrected chi connectivity index (χ3v) is 6.57. The van der Waals surface area contributed by atoms with Crippen LogP contribution in [0.3, 0.4) is 0 Å². The van der Waals surface area contributed by atoms with Gasteiger partial charge in [0.15, 0.2) is 5.96 Å². The normalized spacial score (nSPS) is 20.0. The van der Waals surface area contributed by atoms with E-state index in [2.05, 4.69) is 85.6 Å². The average molecular weight is 436 g/mol. The average Bonchev–Trinajstić information content (AvgIpc) is 3.31. The zero-order valence-electron chi connectivity index (χ0n) is 19.7. The van der Waals surface area contributed by atoms with Crippen LogP contribution in [0.25, 0.3) is 0 Å². The molecule has 2 aliphatic rings. The minimum absolute atomic E-state index is 0.394. The molecule has 172 valence electrons. The number of likely N-dealkylation sites (N-methyl/N-ethyl adjacent to an activating group) is 1. The predicted molar refractivity (Wildman–Crippen MR) is 134 cm³/mol. The summed E-state index contributed by atoms with van der Waals surface area (Å²) in [6, 6.07) is 13.5. The van der Waals surface area contributed by atoms with Crippen LogP contribution in [0.5, 0.6) is 0 Å². The van der Waals surface area contributed by atoms with Crippen molar-refractivity contribution in [2.24, 2.45) is 4.99 Å². The van der Waals surface area contributed by atoms with Crippen molar-refractivity contribution in [1.82, 2.24) is 20.5 Å². The van der Waals surface area contributed by atoms with Crippen LogP contribution in [0.1, 0.15) is 24.5 Å². The van der Waals surface area contributed by atoms with Gasteiger partial charge in [-0.05, 0) is 49.7 Å². The smallest absolute Gasteiger partial charge is 0.191 e. The van der Waals surface area contributed by atoms with Gasteiger partial charge in [-0.15, -0.1) is 0 Å². The van der Waals surface area contributed by atoms with Crippen LogP contribution in [-0.4, -0.2) is 74.7 Å². The Hall–Kier alpha value is -2.80. The standard InChI is InChI=1S/C25H37N7/c1-4-30-13-15-31(16-14-30)24-17-21(9-11-27-24)18-28-25(26-3)29-22-10-12-32(19-22)23-7-5-20(2)6-8-23/h5-9,11,17,22H,4,10,12-16,18-19H2,1-3H3,(H2,26,28,29). The third-order valence-electron chi connectivity index (χ3n) is 6.57. The molecule has 2 N–H and O–H groups in total. The second kappa shape index (κ2) is 10.7. The molecule has 0 radical (unpaired) electrons. The topological polar surface area (TPSA) is 59.0 Å². The summed E-state index contributed by atoms with van der Waals surface area (Å²) < 4.78 is 0. The zero-order chi connectivity index (χ0) is 22.3. The molecule has 1 aromatic heterocycles. The number of aryl methyl sites for hydroxylation is 1. The summed E-state index contributed by atoms with van der Waals surface area (Å²) in [4.78, 5) is 16.4. The second-order valence-electron chi connectivity index (χ2n) is 8.78. The number of guanidine groups is 1.